The van der Waals surface area contributed by atoms with Gasteiger partial charge in [0.1, 0.15) is 0 Å². The van der Waals surface area contributed by atoms with E-state index >= 15 is 0 Å². The molecule has 1 atom stereocenters. The molecule has 1 aromatic carbocycles. The van der Waals surface area contributed by atoms with E-state index in [9.17, 15) is 0 Å². The molecular formula is C19H32O. The summed E-state index contributed by atoms with van der Waals surface area (Å²) < 4.78 is 0. The number of aliphatic hydroxyl groups is 1. The second kappa shape index (κ2) is 10.7. The van der Waals surface area contributed by atoms with Crippen molar-refractivity contribution >= 4 is 6.08 Å². The van der Waals surface area contributed by atoms with Gasteiger partial charge in [-0.3, -0.25) is 0 Å². The van der Waals surface area contributed by atoms with Crippen LogP contribution in [0.2, 0.25) is 0 Å². The Labute approximate surface area is 125 Å². The summed E-state index contributed by atoms with van der Waals surface area (Å²) in [7, 11) is 0. The summed E-state index contributed by atoms with van der Waals surface area (Å²) >= 11 is 0. The van der Waals surface area contributed by atoms with E-state index in [1.54, 1.807) is 0 Å². The summed E-state index contributed by atoms with van der Waals surface area (Å²) in [5.41, 5.74) is 2.62. The van der Waals surface area contributed by atoms with E-state index in [4.69, 9.17) is 5.11 Å². The van der Waals surface area contributed by atoms with E-state index in [1.807, 2.05) is 0 Å². The lowest BCUT2D eigenvalue weighted by atomic mass is 10.0. The minimum atomic E-state index is 0.260. The first-order valence-electron chi connectivity index (χ1n) is 7.74. The van der Waals surface area contributed by atoms with Crippen molar-refractivity contribution in [3.8, 4) is 0 Å². The number of aliphatic hydroxyl groups excluding tert-OH is 1. The largest absolute Gasteiger partial charge is 0.396 e. The lowest BCUT2D eigenvalue weighted by molar-refractivity contribution is 0.239. The molecule has 20 heavy (non-hydrogen) atoms. The van der Waals surface area contributed by atoms with Crippen LogP contribution in [-0.4, -0.2) is 11.7 Å². The molecule has 0 saturated carbocycles. The van der Waals surface area contributed by atoms with Crippen LogP contribution in [0, 0.1) is 11.8 Å². The molecule has 0 unspecified atom stereocenters. The van der Waals surface area contributed by atoms with E-state index in [0.29, 0.717) is 11.8 Å². The third kappa shape index (κ3) is 9.80. The summed E-state index contributed by atoms with van der Waals surface area (Å²) in [4.78, 5) is 0. The predicted molar refractivity (Wildman–Crippen MR) is 90.9 cm³/mol. The second-order valence-corrected chi connectivity index (χ2v) is 6.48. The maximum absolute atomic E-state index is 8.91. The van der Waals surface area contributed by atoms with Crippen LogP contribution in [0.5, 0.6) is 0 Å². The van der Waals surface area contributed by atoms with Crippen molar-refractivity contribution < 1.29 is 5.11 Å². The van der Waals surface area contributed by atoms with Crippen molar-refractivity contribution in [1.29, 1.82) is 0 Å². The van der Waals surface area contributed by atoms with Crippen LogP contribution >= 0.6 is 0 Å². The van der Waals surface area contributed by atoms with Crippen LogP contribution < -0.4 is 0 Å². The zero-order valence-corrected chi connectivity index (χ0v) is 14.1. The van der Waals surface area contributed by atoms with E-state index in [-0.39, 0.29) is 6.61 Å². The molecule has 0 aliphatic carbocycles. The zero-order valence-electron chi connectivity index (χ0n) is 14.1. The fourth-order valence-electron chi connectivity index (χ4n) is 1.53. The molecule has 1 N–H and O–H groups in total. The molecule has 0 fully saturated rings. The van der Waals surface area contributed by atoms with E-state index in [2.05, 4.69) is 78.0 Å². The molecular weight excluding hydrogens is 244 g/mol. The quantitative estimate of drug-likeness (QED) is 0.752. The minimum absolute atomic E-state index is 0.260. The predicted octanol–water partition coefficient (Wildman–Crippen LogP) is 5.50. The SMILES string of the molecule is CC(C)C.CC(C)c1cccc(/C=C/C[C@@H](C)CO)c1. The molecule has 1 heteroatoms. The fourth-order valence-corrected chi connectivity index (χ4v) is 1.53. The van der Waals surface area contributed by atoms with Crippen molar-refractivity contribution in [2.75, 3.05) is 6.61 Å². The van der Waals surface area contributed by atoms with Crippen molar-refractivity contribution in [2.24, 2.45) is 11.8 Å². The number of allylic oxidation sites excluding steroid dienone is 1. The fraction of sp³-hybridized carbons (Fsp3) is 0.579. The standard InChI is InChI=1S/C15H22O.C4H10/c1-12(2)15-9-5-8-14(10-15)7-4-6-13(3)11-16;1-4(2)3/h4-5,7-10,12-13,16H,6,11H2,1-3H3;4H,1-3H3/b7-4+;/t13-;/m1./s1. The highest BCUT2D eigenvalue weighted by Gasteiger charge is 1.99. The van der Waals surface area contributed by atoms with Gasteiger partial charge in [0.15, 0.2) is 0 Å². The maximum Gasteiger partial charge on any atom is 0.0459 e. The van der Waals surface area contributed by atoms with Crippen LogP contribution in [0.3, 0.4) is 0 Å². The summed E-state index contributed by atoms with van der Waals surface area (Å²) in [6.45, 7) is 13.2. The van der Waals surface area contributed by atoms with Gasteiger partial charge in [0, 0.05) is 6.61 Å². The molecule has 0 aromatic heterocycles. The second-order valence-electron chi connectivity index (χ2n) is 6.48. The van der Waals surface area contributed by atoms with Gasteiger partial charge in [-0.05, 0) is 35.3 Å². The van der Waals surface area contributed by atoms with Crippen molar-refractivity contribution in [1.82, 2.24) is 0 Å². The summed E-state index contributed by atoms with van der Waals surface area (Å²) in [5, 5.41) is 8.91. The van der Waals surface area contributed by atoms with Gasteiger partial charge >= 0.3 is 0 Å². The van der Waals surface area contributed by atoms with Gasteiger partial charge in [-0.15, -0.1) is 0 Å². The molecule has 0 spiro atoms. The molecule has 0 aliphatic heterocycles. The third-order valence-electron chi connectivity index (χ3n) is 2.74. The number of hydrogen-bond acceptors (Lipinski definition) is 1. The lowest BCUT2D eigenvalue weighted by Gasteiger charge is -2.06. The molecule has 0 radical (unpaired) electrons. The molecule has 0 bridgehead atoms. The molecule has 0 heterocycles. The topological polar surface area (TPSA) is 20.2 Å². The van der Waals surface area contributed by atoms with Gasteiger partial charge in [0.2, 0.25) is 0 Å². The monoisotopic (exact) mass is 276 g/mol. The summed E-state index contributed by atoms with van der Waals surface area (Å²) in [5.74, 6) is 1.76. The van der Waals surface area contributed by atoms with Crippen molar-refractivity contribution in [2.45, 2.75) is 53.9 Å². The van der Waals surface area contributed by atoms with E-state index < -0.39 is 0 Å². The maximum atomic E-state index is 8.91. The highest BCUT2D eigenvalue weighted by atomic mass is 16.3. The number of rotatable bonds is 5. The van der Waals surface area contributed by atoms with Gasteiger partial charge in [0.25, 0.3) is 0 Å². The van der Waals surface area contributed by atoms with Crippen LogP contribution in [0.4, 0.5) is 0 Å². The van der Waals surface area contributed by atoms with Gasteiger partial charge in [-0.2, -0.15) is 0 Å². The Bertz CT molecular complexity index is 374. The Morgan fingerprint density at radius 3 is 2.15 bits per heavy atom. The molecule has 1 rings (SSSR count). The molecule has 114 valence electrons. The van der Waals surface area contributed by atoms with E-state index in [1.165, 1.54) is 11.1 Å². The third-order valence-corrected chi connectivity index (χ3v) is 2.74. The highest BCUT2D eigenvalue weighted by molar-refractivity contribution is 5.50. The first-order valence-corrected chi connectivity index (χ1v) is 7.74. The molecule has 0 aliphatic rings. The van der Waals surface area contributed by atoms with Crippen molar-refractivity contribution in [3.05, 3.63) is 41.5 Å². The van der Waals surface area contributed by atoms with Crippen LogP contribution in [0.1, 0.15) is 65.0 Å². The van der Waals surface area contributed by atoms with Crippen molar-refractivity contribution in [3.63, 3.8) is 0 Å². The van der Waals surface area contributed by atoms with E-state index in [0.717, 1.165) is 12.3 Å². The van der Waals surface area contributed by atoms with Gasteiger partial charge < -0.3 is 5.11 Å². The zero-order chi connectivity index (χ0) is 15.5. The number of benzene rings is 1. The van der Waals surface area contributed by atoms with Gasteiger partial charge in [0.05, 0.1) is 0 Å². The first-order chi connectivity index (χ1) is 9.36. The average Bonchev–Trinajstić information content (AvgIpc) is 2.38. The average molecular weight is 276 g/mol. The normalized spacial score (nSPS) is 12.7. The molecule has 0 saturated heterocycles. The Balaban J connectivity index is 0.000000796. The summed E-state index contributed by atoms with van der Waals surface area (Å²) in [6, 6.07) is 8.61. The lowest BCUT2D eigenvalue weighted by Crippen LogP contribution is -1.97. The van der Waals surface area contributed by atoms with Crippen LogP contribution in [0.25, 0.3) is 6.08 Å². The Morgan fingerprint density at radius 2 is 1.65 bits per heavy atom. The molecule has 1 aromatic rings. The van der Waals surface area contributed by atoms with Gasteiger partial charge in [-0.1, -0.05) is 78.0 Å². The Kier molecular flexibility index (Phi) is 10.1. The molecule has 0 amide bonds. The number of hydrogen-bond donors (Lipinski definition) is 1. The first kappa shape index (κ1) is 18.9. The molecule has 1 nitrogen and oxygen atoms in total. The highest BCUT2D eigenvalue weighted by Crippen LogP contribution is 2.16. The summed E-state index contributed by atoms with van der Waals surface area (Å²) in [6.07, 6.45) is 5.21. The van der Waals surface area contributed by atoms with Gasteiger partial charge in [-0.25, -0.2) is 0 Å². The smallest absolute Gasteiger partial charge is 0.0459 e. The van der Waals surface area contributed by atoms with Crippen LogP contribution in [0.15, 0.2) is 30.3 Å². The Hall–Kier alpha value is -1.08. The van der Waals surface area contributed by atoms with Crippen LogP contribution in [-0.2, 0) is 0 Å². The minimum Gasteiger partial charge on any atom is -0.396 e. The Morgan fingerprint density at radius 1 is 1.05 bits per heavy atom.